The molecule has 1 N–H and O–H groups in total. The van der Waals surface area contributed by atoms with E-state index in [1.54, 1.807) is 0 Å². The Bertz CT molecular complexity index is 874. The Kier molecular flexibility index (Phi) is 5.32. The maximum atomic E-state index is 13.3. The molecule has 0 saturated heterocycles. The van der Waals surface area contributed by atoms with Gasteiger partial charge in [0.15, 0.2) is 0 Å². The first-order valence-corrected chi connectivity index (χ1v) is 7.85. The second kappa shape index (κ2) is 6.96. The number of hydrogen-bond acceptors (Lipinski definition) is 5. The molecule has 2 aromatic rings. The van der Waals surface area contributed by atoms with E-state index in [2.05, 4.69) is 37.2 Å². The Morgan fingerprint density at radius 1 is 1.00 bits per heavy atom. The Morgan fingerprint density at radius 2 is 1.64 bits per heavy atom. The maximum absolute atomic E-state index is 13.3. The van der Waals surface area contributed by atoms with Crippen molar-refractivity contribution in [2.45, 2.75) is 6.18 Å². The summed E-state index contributed by atoms with van der Waals surface area (Å²) in [5.41, 5.74) is -4.37. The van der Waals surface area contributed by atoms with Crippen LogP contribution < -0.4 is 5.32 Å². The molecule has 0 saturated carbocycles. The van der Waals surface area contributed by atoms with Crippen LogP contribution in [-0.4, -0.2) is 9.85 Å². The maximum Gasteiger partial charge on any atom is 0.418 e. The van der Waals surface area contributed by atoms with Crippen molar-refractivity contribution in [2.75, 3.05) is 5.32 Å². The van der Waals surface area contributed by atoms with Gasteiger partial charge in [-0.3, -0.25) is 20.2 Å². The van der Waals surface area contributed by atoms with E-state index in [0.29, 0.717) is 15.0 Å². The van der Waals surface area contributed by atoms with E-state index in [4.69, 9.17) is 0 Å². The summed E-state index contributed by atoms with van der Waals surface area (Å²) >= 11 is 6.30. The molecule has 0 aliphatic heterocycles. The average Bonchev–Trinajstić information content (AvgIpc) is 2.48. The number of halogens is 5. The Hall–Kier alpha value is -2.21. The van der Waals surface area contributed by atoms with Crippen LogP contribution in [-0.2, 0) is 6.18 Å². The summed E-state index contributed by atoms with van der Waals surface area (Å²) < 4.78 is 40.9. The predicted octanol–water partition coefficient (Wildman–Crippen LogP) is 5.79. The van der Waals surface area contributed by atoms with Gasteiger partial charge in [-0.15, -0.1) is 0 Å². The molecule has 132 valence electrons. The number of nitrogens with zero attached hydrogens (tertiary/aromatic N) is 2. The van der Waals surface area contributed by atoms with Crippen molar-refractivity contribution < 1.29 is 23.0 Å². The van der Waals surface area contributed by atoms with E-state index >= 15 is 0 Å². The molecule has 0 aromatic heterocycles. The lowest BCUT2D eigenvalue weighted by atomic mass is 10.1. The van der Waals surface area contributed by atoms with Crippen molar-refractivity contribution in [3.05, 3.63) is 65.1 Å². The van der Waals surface area contributed by atoms with Crippen LogP contribution in [0.2, 0.25) is 0 Å². The van der Waals surface area contributed by atoms with Crippen molar-refractivity contribution in [2.24, 2.45) is 0 Å². The van der Waals surface area contributed by atoms with E-state index < -0.39 is 38.6 Å². The number of nitro groups is 2. The van der Waals surface area contributed by atoms with E-state index in [-0.39, 0.29) is 11.8 Å². The minimum absolute atomic E-state index is 0.116. The average molecular weight is 485 g/mol. The SMILES string of the molecule is O=[N+]([O-])c1cc([N+](=O)[O-])c(Nc2ccc(Br)cc2Br)c(C(F)(F)F)c1. The Labute approximate surface area is 154 Å². The summed E-state index contributed by atoms with van der Waals surface area (Å²) in [5.74, 6) is 0. The molecular weight excluding hydrogens is 479 g/mol. The molecule has 0 unspecified atom stereocenters. The van der Waals surface area contributed by atoms with E-state index in [9.17, 15) is 33.4 Å². The number of hydrogen-bond donors (Lipinski definition) is 1. The molecule has 0 fully saturated rings. The van der Waals surface area contributed by atoms with Gasteiger partial charge in [0.1, 0.15) is 5.69 Å². The molecule has 2 rings (SSSR count). The van der Waals surface area contributed by atoms with Crippen LogP contribution in [0.5, 0.6) is 0 Å². The highest BCUT2D eigenvalue weighted by Gasteiger charge is 2.39. The normalized spacial score (nSPS) is 11.2. The summed E-state index contributed by atoms with van der Waals surface area (Å²) in [6.07, 6.45) is -5.04. The van der Waals surface area contributed by atoms with Crippen molar-refractivity contribution >= 4 is 54.6 Å². The third-order valence-electron chi connectivity index (χ3n) is 3.01. The first-order chi connectivity index (χ1) is 11.5. The number of alkyl halides is 3. The number of rotatable bonds is 4. The van der Waals surface area contributed by atoms with Crippen molar-refractivity contribution in [1.29, 1.82) is 0 Å². The standard InChI is InChI=1S/C13H6Br2F3N3O4/c14-6-1-2-10(9(15)3-6)19-12-8(13(16,17)18)4-7(20(22)23)5-11(12)21(24)25/h1-5,19H. The molecule has 7 nitrogen and oxygen atoms in total. The highest BCUT2D eigenvalue weighted by molar-refractivity contribution is 9.11. The van der Waals surface area contributed by atoms with Crippen LogP contribution in [0.25, 0.3) is 0 Å². The topological polar surface area (TPSA) is 98.3 Å². The van der Waals surface area contributed by atoms with Gasteiger partial charge in [0, 0.05) is 15.0 Å². The number of non-ortho nitro benzene ring substituents is 1. The second-order valence-corrected chi connectivity index (χ2v) is 6.42. The smallest absolute Gasteiger partial charge is 0.348 e. The summed E-state index contributed by atoms with van der Waals surface area (Å²) in [7, 11) is 0. The lowest BCUT2D eigenvalue weighted by Gasteiger charge is -2.15. The molecule has 25 heavy (non-hydrogen) atoms. The molecule has 0 bridgehead atoms. The molecule has 0 aliphatic carbocycles. The molecule has 0 atom stereocenters. The number of anilines is 2. The molecular formula is C13H6Br2F3N3O4. The van der Waals surface area contributed by atoms with Gasteiger partial charge in [0.25, 0.3) is 11.4 Å². The fourth-order valence-corrected chi connectivity index (χ4v) is 3.09. The molecule has 12 heteroatoms. The Morgan fingerprint density at radius 3 is 2.12 bits per heavy atom. The molecule has 0 heterocycles. The zero-order chi connectivity index (χ0) is 18.9. The molecule has 2 aromatic carbocycles. The highest BCUT2D eigenvalue weighted by Crippen LogP contribution is 2.44. The van der Waals surface area contributed by atoms with Gasteiger partial charge in [-0.1, -0.05) is 15.9 Å². The predicted molar refractivity (Wildman–Crippen MR) is 89.9 cm³/mol. The summed E-state index contributed by atoms with van der Waals surface area (Å²) in [6, 6.07) is 5.15. The first kappa shape index (κ1) is 19.1. The van der Waals surface area contributed by atoms with E-state index in [0.717, 1.165) is 0 Å². The molecule has 0 aliphatic rings. The van der Waals surface area contributed by atoms with Gasteiger partial charge >= 0.3 is 6.18 Å². The van der Waals surface area contributed by atoms with Crippen molar-refractivity contribution in [3.8, 4) is 0 Å². The lowest BCUT2D eigenvalue weighted by molar-refractivity contribution is -0.394. The van der Waals surface area contributed by atoms with Crippen LogP contribution in [0.4, 0.5) is 35.9 Å². The van der Waals surface area contributed by atoms with Crippen molar-refractivity contribution in [3.63, 3.8) is 0 Å². The van der Waals surface area contributed by atoms with Gasteiger partial charge in [-0.05, 0) is 34.1 Å². The molecule has 0 amide bonds. The van der Waals surface area contributed by atoms with Gasteiger partial charge in [-0.2, -0.15) is 13.2 Å². The van der Waals surface area contributed by atoms with Gasteiger partial charge in [-0.25, -0.2) is 0 Å². The third-order valence-corrected chi connectivity index (χ3v) is 4.16. The second-order valence-electron chi connectivity index (χ2n) is 4.65. The quantitative estimate of drug-likeness (QED) is 0.437. The van der Waals surface area contributed by atoms with E-state index in [1.807, 2.05) is 0 Å². The first-order valence-electron chi connectivity index (χ1n) is 6.27. The zero-order valence-corrected chi connectivity index (χ0v) is 15.0. The summed E-state index contributed by atoms with van der Waals surface area (Å²) in [6.45, 7) is 0. The van der Waals surface area contributed by atoms with Crippen LogP contribution in [0.1, 0.15) is 5.56 Å². The van der Waals surface area contributed by atoms with E-state index in [1.165, 1.54) is 18.2 Å². The Balaban J connectivity index is 2.73. The largest absolute Gasteiger partial charge is 0.418 e. The highest BCUT2D eigenvalue weighted by atomic mass is 79.9. The fraction of sp³-hybridized carbons (Fsp3) is 0.0769. The minimum atomic E-state index is -5.04. The number of benzene rings is 2. The van der Waals surface area contributed by atoms with Crippen molar-refractivity contribution in [1.82, 2.24) is 0 Å². The van der Waals surface area contributed by atoms with Crippen LogP contribution in [0.15, 0.2) is 39.3 Å². The monoisotopic (exact) mass is 483 g/mol. The minimum Gasteiger partial charge on any atom is -0.348 e. The molecule has 0 radical (unpaired) electrons. The molecule has 0 spiro atoms. The van der Waals surface area contributed by atoms with Crippen LogP contribution >= 0.6 is 31.9 Å². The van der Waals surface area contributed by atoms with Gasteiger partial charge in [0.2, 0.25) is 0 Å². The number of nitro benzene ring substituents is 2. The number of nitrogens with one attached hydrogen (secondary N) is 1. The fourth-order valence-electron chi connectivity index (χ4n) is 1.94. The summed E-state index contributed by atoms with van der Waals surface area (Å²) in [5, 5.41) is 24.3. The van der Waals surface area contributed by atoms with Crippen LogP contribution in [0, 0.1) is 20.2 Å². The van der Waals surface area contributed by atoms with Crippen LogP contribution in [0.3, 0.4) is 0 Å². The van der Waals surface area contributed by atoms with Gasteiger partial charge < -0.3 is 5.32 Å². The zero-order valence-electron chi connectivity index (χ0n) is 11.8. The third kappa shape index (κ3) is 4.25. The lowest BCUT2D eigenvalue weighted by Crippen LogP contribution is -2.12. The summed E-state index contributed by atoms with van der Waals surface area (Å²) in [4.78, 5) is 19.7. The van der Waals surface area contributed by atoms with Gasteiger partial charge in [0.05, 0.1) is 27.2 Å².